The van der Waals surface area contributed by atoms with E-state index in [2.05, 4.69) is 12.1 Å². The standard InChI is InChI=1S/C26H32F2O2/c1-2-3-16-30-24-15-14-22(25(27)26(24)28)20-10-6-18(7-11-20)19-8-12-21(13-9-19)23-5-4-17-29-23/h4-5,10,14-15,17-19,21H,2-3,6-9,11-13,16H2,1H3. The molecular formula is C26H32F2O2. The van der Waals surface area contributed by atoms with Gasteiger partial charge in [-0.1, -0.05) is 19.4 Å². The van der Waals surface area contributed by atoms with Crippen molar-refractivity contribution in [2.45, 2.75) is 70.6 Å². The van der Waals surface area contributed by atoms with E-state index in [0.717, 1.165) is 49.4 Å². The van der Waals surface area contributed by atoms with Crippen LogP contribution in [-0.4, -0.2) is 6.61 Å². The van der Waals surface area contributed by atoms with Crippen LogP contribution < -0.4 is 4.74 Å². The Balaban J connectivity index is 1.35. The second-order valence-corrected chi connectivity index (χ2v) is 8.83. The van der Waals surface area contributed by atoms with Crippen molar-refractivity contribution < 1.29 is 17.9 Å². The van der Waals surface area contributed by atoms with Gasteiger partial charge in [0.15, 0.2) is 11.6 Å². The summed E-state index contributed by atoms with van der Waals surface area (Å²) >= 11 is 0. The fraction of sp³-hybridized carbons (Fsp3) is 0.538. The van der Waals surface area contributed by atoms with E-state index >= 15 is 0 Å². The number of furan rings is 1. The molecule has 1 aromatic heterocycles. The molecule has 4 heteroatoms. The van der Waals surface area contributed by atoms with Crippen LogP contribution in [0, 0.1) is 23.5 Å². The van der Waals surface area contributed by atoms with Crippen LogP contribution in [0.25, 0.3) is 5.57 Å². The van der Waals surface area contributed by atoms with E-state index in [1.807, 2.05) is 13.0 Å². The summed E-state index contributed by atoms with van der Waals surface area (Å²) in [6, 6.07) is 7.32. The van der Waals surface area contributed by atoms with Crippen LogP contribution >= 0.6 is 0 Å². The molecule has 30 heavy (non-hydrogen) atoms. The molecule has 0 aliphatic heterocycles. The lowest BCUT2D eigenvalue weighted by atomic mass is 9.70. The number of hydrogen-bond donors (Lipinski definition) is 0. The van der Waals surface area contributed by atoms with E-state index in [1.165, 1.54) is 25.7 Å². The number of benzene rings is 1. The lowest BCUT2D eigenvalue weighted by Gasteiger charge is -2.35. The first-order chi connectivity index (χ1) is 14.7. The van der Waals surface area contributed by atoms with Gasteiger partial charge in [0.2, 0.25) is 5.82 Å². The van der Waals surface area contributed by atoms with Crippen LogP contribution in [0.1, 0.15) is 82.0 Å². The van der Waals surface area contributed by atoms with E-state index < -0.39 is 11.6 Å². The molecule has 1 heterocycles. The maximum atomic E-state index is 14.7. The van der Waals surface area contributed by atoms with Crippen LogP contribution in [-0.2, 0) is 0 Å². The Kier molecular flexibility index (Phi) is 6.91. The lowest BCUT2D eigenvalue weighted by molar-refractivity contribution is 0.211. The van der Waals surface area contributed by atoms with Crippen molar-refractivity contribution in [2.75, 3.05) is 6.61 Å². The van der Waals surface area contributed by atoms with Crippen LogP contribution in [0.2, 0.25) is 0 Å². The minimum absolute atomic E-state index is 0.0207. The van der Waals surface area contributed by atoms with Gasteiger partial charge in [-0.3, -0.25) is 0 Å². The molecule has 2 aliphatic carbocycles. The van der Waals surface area contributed by atoms with Gasteiger partial charge in [0, 0.05) is 11.5 Å². The normalized spacial score (nSPS) is 24.5. The van der Waals surface area contributed by atoms with Crippen LogP contribution in [0.15, 0.2) is 41.0 Å². The van der Waals surface area contributed by atoms with Crippen LogP contribution in [0.5, 0.6) is 5.75 Å². The van der Waals surface area contributed by atoms with Crippen molar-refractivity contribution >= 4 is 5.57 Å². The molecule has 0 spiro atoms. The first-order valence-electron chi connectivity index (χ1n) is 11.5. The Hall–Kier alpha value is -2.10. The van der Waals surface area contributed by atoms with E-state index in [0.29, 0.717) is 24.0 Å². The minimum Gasteiger partial charge on any atom is -0.490 e. The molecule has 0 saturated heterocycles. The highest BCUT2D eigenvalue weighted by Gasteiger charge is 2.30. The second kappa shape index (κ2) is 9.80. The van der Waals surface area contributed by atoms with Crippen molar-refractivity contribution in [3.05, 3.63) is 59.6 Å². The predicted molar refractivity (Wildman–Crippen MR) is 115 cm³/mol. The summed E-state index contributed by atoms with van der Waals surface area (Å²) in [6.45, 7) is 2.45. The summed E-state index contributed by atoms with van der Waals surface area (Å²) in [7, 11) is 0. The first-order valence-corrected chi connectivity index (χ1v) is 11.5. The third-order valence-electron chi connectivity index (χ3n) is 6.98. The summed E-state index contributed by atoms with van der Waals surface area (Å²) in [5, 5.41) is 0. The highest BCUT2D eigenvalue weighted by molar-refractivity contribution is 5.67. The number of rotatable bonds is 7. The quantitative estimate of drug-likeness (QED) is 0.430. The number of ether oxygens (including phenoxy) is 1. The fourth-order valence-electron chi connectivity index (χ4n) is 5.14. The van der Waals surface area contributed by atoms with Crippen molar-refractivity contribution in [1.29, 1.82) is 0 Å². The molecule has 2 aromatic rings. The van der Waals surface area contributed by atoms with Crippen LogP contribution in [0.3, 0.4) is 0 Å². The van der Waals surface area contributed by atoms with Crippen molar-refractivity contribution in [2.24, 2.45) is 11.8 Å². The molecule has 1 atom stereocenters. The second-order valence-electron chi connectivity index (χ2n) is 8.83. The Morgan fingerprint density at radius 1 is 1.00 bits per heavy atom. The summed E-state index contributed by atoms with van der Waals surface area (Å²) in [5.41, 5.74) is 1.34. The molecule has 0 bridgehead atoms. The molecule has 0 amide bonds. The Labute approximate surface area is 178 Å². The number of halogens is 2. The largest absolute Gasteiger partial charge is 0.490 e. The maximum Gasteiger partial charge on any atom is 0.201 e. The Morgan fingerprint density at radius 3 is 2.50 bits per heavy atom. The average molecular weight is 415 g/mol. The zero-order valence-electron chi connectivity index (χ0n) is 17.8. The third kappa shape index (κ3) is 4.63. The van der Waals surface area contributed by atoms with E-state index in [4.69, 9.17) is 9.15 Å². The average Bonchev–Trinajstić information content (AvgIpc) is 3.32. The summed E-state index contributed by atoms with van der Waals surface area (Å²) in [6.07, 6.45) is 13.4. The molecule has 0 radical (unpaired) electrons. The van der Waals surface area contributed by atoms with E-state index in [-0.39, 0.29) is 5.75 Å². The fourth-order valence-corrected chi connectivity index (χ4v) is 5.14. The van der Waals surface area contributed by atoms with Gasteiger partial charge in [-0.05, 0) is 93.0 Å². The van der Waals surface area contributed by atoms with Crippen LogP contribution in [0.4, 0.5) is 8.78 Å². The van der Waals surface area contributed by atoms with Gasteiger partial charge >= 0.3 is 0 Å². The Bertz CT molecular complexity index is 848. The first kappa shape index (κ1) is 21.1. The summed E-state index contributed by atoms with van der Waals surface area (Å²) in [5.74, 6) is 1.45. The minimum atomic E-state index is -0.858. The summed E-state index contributed by atoms with van der Waals surface area (Å²) in [4.78, 5) is 0. The molecule has 1 fully saturated rings. The van der Waals surface area contributed by atoms with Crippen molar-refractivity contribution in [3.63, 3.8) is 0 Å². The molecule has 4 rings (SSSR count). The lowest BCUT2D eigenvalue weighted by Crippen LogP contribution is -2.22. The number of unbranched alkanes of at least 4 members (excludes halogenated alkanes) is 1. The zero-order chi connectivity index (χ0) is 20.9. The monoisotopic (exact) mass is 414 g/mol. The molecule has 2 aliphatic rings. The SMILES string of the molecule is CCCCOc1ccc(C2=CCC(C3CCC(c4ccco4)CC3)CC2)c(F)c1F. The van der Waals surface area contributed by atoms with E-state index in [1.54, 1.807) is 18.4 Å². The smallest absolute Gasteiger partial charge is 0.201 e. The van der Waals surface area contributed by atoms with Gasteiger partial charge in [-0.25, -0.2) is 4.39 Å². The number of hydrogen-bond acceptors (Lipinski definition) is 2. The number of allylic oxidation sites excluding steroid dienone is 2. The predicted octanol–water partition coefficient (Wildman–Crippen LogP) is 7.89. The molecule has 162 valence electrons. The van der Waals surface area contributed by atoms with Gasteiger partial charge in [0.25, 0.3) is 0 Å². The van der Waals surface area contributed by atoms with Gasteiger partial charge < -0.3 is 9.15 Å². The topological polar surface area (TPSA) is 22.4 Å². The van der Waals surface area contributed by atoms with Gasteiger partial charge in [0.05, 0.1) is 12.9 Å². The van der Waals surface area contributed by atoms with Gasteiger partial charge in [-0.2, -0.15) is 4.39 Å². The molecule has 1 saturated carbocycles. The maximum absolute atomic E-state index is 14.7. The molecule has 1 unspecified atom stereocenters. The highest BCUT2D eigenvalue weighted by atomic mass is 19.2. The Morgan fingerprint density at radius 2 is 1.83 bits per heavy atom. The van der Waals surface area contributed by atoms with Crippen molar-refractivity contribution in [3.8, 4) is 5.75 Å². The molecule has 0 N–H and O–H groups in total. The zero-order valence-corrected chi connectivity index (χ0v) is 17.8. The van der Waals surface area contributed by atoms with Crippen molar-refractivity contribution in [1.82, 2.24) is 0 Å². The molecular weight excluding hydrogens is 382 g/mol. The highest BCUT2D eigenvalue weighted by Crippen LogP contribution is 2.44. The third-order valence-corrected chi connectivity index (χ3v) is 6.98. The van der Waals surface area contributed by atoms with E-state index in [9.17, 15) is 8.78 Å². The summed E-state index contributed by atoms with van der Waals surface area (Å²) < 4.78 is 40.1. The van der Waals surface area contributed by atoms with Gasteiger partial charge in [0.1, 0.15) is 5.76 Å². The molecule has 1 aromatic carbocycles. The van der Waals surface area contributed by atoms with Gasteiger partial charge in [-0.15, -0.1) is 0 Å². The molecule has 2 nitrogen and oxygen atoms in total.